The number of aliphatic hydroxyl groups excluding tert-OH is 1. The number of thioether (sulfide) groups is 1. The highest BCUT2D eigenvalue weighted by Crippen LogP contribution is 2.31. The van der Waals surface area contributed by atoms with E-state index >= 15 is 0 Å². The van der Waals surface area contributed by atoms with Crippen molar-refractivity contribution in [2.45, 2.75) is 36.5 Å². The number of rotatable bonds is 7. The first kappa shape index (κ1) is 16.7. The lowest BCUT2D eigenvalue weighted by atomic mass is 10.2. The van der Waals surface area contributed by atoms with Crippen molar-refractivity contribution >= 4 is 23.5 Å². The van der Waals surface area contributed by atoms with Gasteiger partial charge in [0.25, 0.3) is 5.76 Å². The van der Waals surface area contributed by atoms with E-state index in [1.807, 2.05) is 6.92 Å². The Morgan fingerprint density at radius 1 is 1.40 bits per heavy atom. The molecule has 0 aliphatic carbocycles. The van der Waals surface area contributed by atoms with E-state index in [2.05, 4.69) is 10.6 Å². The Hall–Kier alpha value is -1.34. The molecule has 1 aromatic carbocycles. The molecule has 0 saturated carbocycles. The van der Waals surface area contributed by atoms with E-state index in [-0.39, 0.29) is 12.6 Å². The summed E-state index contributed by atoms with van der Waals surface area (Å²) in [5.74, 6) is -2.54. The predicted octanol–water partition coefficient (Wildman–Crippen LogP) is 3.28. The Morgan fingerprint density at radius 3 is 2.75 bits per heavy atom. The molecular weight excluding hydrogens is 286 g/mol. The average molecular weight is 304 g/mol. The number of nitrogens with one attached hydrogen (secondary N) is 2. The molecule has 1 rings (SSSR count). The summed E-state index contributed by atoms with van der Waals surface area (Å²) < 4.78 is 24.8. The molecule has 4 nitrogen and oxygen atoms in total. The standard InChI is InChI=1S/C13H18F2N2O2S/c1-9(5-4-8-18)16-13(19)17-10-6-2-3-7-11(10)20-12(14)15/h2-3,6-7,9,12,18H,4-5,8H2,1H3,(H2,16,17,19). The Labute approximate surface area is 120 Å². The lowest BCUT2D eigenvalue weighted by Crippen LogP contribution is -2.36. The number of carbonyl (C=O) groups is 1. The molecule has 1 atom stereocenters. The SMILES string of the molecule is CC(CCCO)NC(=O)Nc1ccccc1SC(F)F. The fourth-order valence-electron chi connectivity index (χ4n) is 1.62. The molecule has 1 unspecified atom stereocenters. The van der Waals surface area contributed by atoms with Gasteiger partial charge in [0, 0.05) is 17.5 Å². The van der Waals surface area contributed by atoms with Gasteiger partial charge in [-0.1, -0.05) is 23.9 Å². The normalized spacial score (nSPS) is 12.2. The van der Waals surface area contributed by atoms with Crippen LogP contribution in [0.3, 0.4) is 0 Å². The third kappa shape index (κ3) is 6.21. The van der Waals surface area contributed by atoms with Gasteiger partial charge >= 0.3 is 6.03 Å². The largest absolute Gasteiger partial charge is 0.396 e. The molecule has 0 spiro atoms. The molecular formula is C13H18F2N2O2S. The van der Waals surface area contributed by atoms with E-state index in [4.69, 9.17) is 5.11 Å². The minimum Gasteiger partial charge on any atom is -0.396 e. The van der Waals surface area contributed by atoms with E-state index in [1.165, 1.54) is 6.07 Å². The molecule has 2 amide bonds. The lowest BCUT2D eigenvalue weighted by Gasteiger charge is -2.15. The monoisotopic (exact) mass is 304 g/mol. The number of benzene rings is 1. The zero-order chi connectivity index (χ0) is 15.0. The summed E-state index contributed by atoms with van der Waals surface area (Å²) in [6, 6.07) is 5.86. The number of hydrogen-bond donors (Lipinski definition) is 3. The van der Waals surface area contributed by atoms with Gasteiger partial charge in [-0.3, -0.25) is 0 Å². The van der Waals surface area contributed by atoms with Crippen molar-refractivity contribution in [3.05, 3.63) is 24.3 Å². The van der Waals surface area contributed by atoms with Gasteiger partial charge < -0.3 is 15.7 Å². The van der Waals surface area contributed by atoms with Gasteiger partial charge in [0.05, 0.1) is 5.69 Å². The number of anilines is 1. The van der Waals surface area contributed by atoms with Crippen LogP contribution in [0.5, 0.6) is 0 Å². The molecule has 0 radical (unpaired) electrons. The first-order valence-corrected chi connectivity index (χ1v) is 7.13. The maximum absolute atomic E-state index is 12.4. The Balaban J connectivity index is 2.57. The number of amides is 2. The highest BCUT2D eigenvalue weighted by molar-refractivity contribution is 7.99. The molecule has 1 aromatic rings. The van der Waals surface area contributed by atoms with Crippen molar-refractivity contribution in [1.82, 2.24) is 5.32 Å². The van der Waals surface area contributed by atoms with E-state index < -0.39 is 11.8 Å². The van der Waals surface area contributed by atoms with E-state index in [9.17, 15) is 13.6 Å². The van der Waals surface area contributed by atoms with Crippen LogP contribution >= 0.6 is 11.8 Å². The molecule has 0 aliphatic rings. The van der Waals surface area contributed by atoms with Crippen LogP contribution in [0, 0.1) is 0 Å². The summed E-state index contributed by atoms with van der Waals surface area (Å²) in [5, 5.41) is 13.9. The van der Waals surface area contributed by atoms with E-state index in [0.29, 0.717) is 35.2 Å². The zero-order valence-electron chi connectivity index (χ0n) is 11.1. The van der Waals surface area contributed by atoms with Crippen LogP contribution in [0.4, 0.5) is 19.3 Å². The van der Waals surface area contributed by atoms with Crippen molar-refractivity contribution < 1.29 is 18.7 Å². The summed E-state index contributed by atoms with van der Waals surface area (Å²) in [6.45, 7) is 1.89. The maximum atomic E-state index is 12.4. The minimum absolute atomic E-state index is 0.0709. The number of carbonyl (C=O) groups excluding carboxylic acids is 1. The molecule has 0 aliphatic heterocycles. The number of aliphatic hydroxyl groups is 1. The van der Waals surface area contributed by atoms with E-state index in [0.717, 1.165) is 0 Å². The molecule has 0 fully saturated rings. The van der Waals surface area contributed by atoms with Crippen molar-refractivity contribution in [1.29, 1.82) is 0 Å². The predicted molar refractivity (Wildman–Crippen MR) is 76.2 cm³/mol. The van der Waals surface area contributed by atoms with Crippen LogP contribution in [0.15, 0.2) is 29.2 Å². The second-order valence-corrected chi connectivity index (χ2v) is 5.27. The fraction of sp³-hybridized carbons (Fsp3) is 0.462. The molecule has 0 heterocycles. The Bertz CT molecular complexity index is 433. The summed E-state index contributed by atoms with van der Waals surface area (Å²) in [4.78, 5) is 12.1. The summed E-state index contributed by atoms with van der Waals surface area (Å²) in [5.41, 5.74) is 0.352. The lowest BCUT2D eigenvalue weighted by molar-refractivity contribution is 0.245. The van der Waals surface area contributed by atoms with Crippen LogP contribution in [0.25, 0.3) is 0 Å². The van der Waals surface area contributed by atoms with Crippen LogP contribution in [-0.4, -0.2) is 29.5 Å². The summed E-state index contributed by atoms with van der Waals surface area (Å²) in [6.07, 6.45) is 1.25. The van der Waals surface area contributed by atoms with Crippen LogP contribution in [0.1, 0.15) is 19.8 Å². The van der Waals surface area contributed by atoms with Gasteiger partial charge in [0.2, 0.25) is 0 Å². The van der Waals surface area contributed by atoms with Crippen LogP contribution in [-0.2, 0) is 0 Å². The molecule has 0 bridgehead atoms. The van der Waals surface area contributed by atoms with Crippen molar-refractivity contribution in [3.63, 3.8) is 0 Å². The van der Waals surface area contributed by atoms with E-state index in [1.54, 1.807) is 18.2 Å². The van der Waals surface area contributed by atoms with Gasteiger partial charge in [0.15, 0.2) is 0 Å². The number of urea groups is 1. The molecule has 0 saturated heterocycles. The van der Waals surface area contributed by atoms with Crippen molar-refractivity contribution in [2.24, 2.45) is 0 Å². The summed E-state index contributed by atoms with van der Waals surface area (Å²) >= 11 is 0.391. The Morgan fingerprint density at radius 2 is 2.10 bits per heavy atom. The Kier molecular flexibility index (Phi) is 7.32. The van der Waals surface area contributed by atoms with Gasteiger partial charge in [-0.25, -0.2) is 4.79 Å². The van der Waals surface area contributed by atoms with Crippen LogP contribution in [0.2, 0.25) is 0 Å². The first-order valence-electron chi connectivity index (χ1n) is 6.25. The third-order valence-corrected chi connectivity index (χ3v) is 3.31. The first-order chi connectivity index (χ1) is 9.52. The van der Waals surface area contributed by atoms with Crippen molar-refractivity contribution in [2.75, 3.05) is 11.9 Å². The highest BCUT2D eigenvalue weighted by Gasteiger charge is 2.12. The molecule has 0 aromatic heterocycles. The average Bonchev–Trinajstić information content (AvgIpc) is 2.38. The number of halogens is 2. The fourth-order valence-corrected chi connectivity index (χ4v) is 2.22. The number of hydrogen-bond acceptors (Lipinski definition) is 3. The second-order valence-electron chi connectivity index (χ2n) is 4.24. The summed E-state index contributed by atoms with van der Waals surface area (Å²) in [7, 11) is 0. The van der Waals surface area contributed by atoms with Crippen LogP contribution < -0.4 is 10.6 Å². The molecule has 3 N–H and O–H groups in total. The smallest absolute Gasteiger partial charge is 0.319 e. The second kappa shape index (κ2) is 8.76. The quantitative estimate of drug-likeness (QED) is 0.677. The minimum atomic E-state index is -2.54. The van der Waals surface area contributed by atoms with Gasteiger partial charge in [-0.2, -0.15) is 8.78 Å². The molecule has 7 heteroatoms. The number of alkyl halides is 2. The third-order valence-electron chi connectivity index (χ3n) is 2.52. The van der Waals surface area contributed by atoms with Crippen molar-refractivity contribution in [3.8, 4) is 0 Å². The molecule has 20 heavy (non-hydrogen) atoms. The van der Waals surface area contributed by atoms with Gasteiger partial charge in [-0.05, 0) is 31.9 Å². The maximum Gasteiger partial charge on any atom is 0.319 e. The highest BCUT2D eigenvalue weighted by atomic mass is 32.2. The topological polar surface area (TPSA) is 61.4 Å². The molecule has 112 valence electrons. The van der Waals surface area contributed by atoms with Gasteiger partial charge in [-0.15, -0.1) is 0 Å². The zero-order valence-corrected chi connectivity index (χ0v) is 11.9. The van der Waals surface area contributed by atoms with Gasteiger partial charge in [0.1, 0.15) is 0 Å². The number of para-hydroxylation sites is 1.